The van der Waals surface area contributed by atoms with Gasteiger partial charge < -0.3 is 0 Å². The summed E-state index contributed by atoms with van der Waals surface area (Å²) >= 11 is 0. The van der Waals surface area contributed by atoms with Crippen LogP contribution in [0.3, 0.4) is 0 Å². The highest BCUT2D eigenvalue weighted by atomic mass is 19.1. The van der Waals surface area contributed by atoms with E-state index < -0.39 is 6.17 Å². The Hall–Kier alpha value is -2.48. The Balaban J connectivity index is 1.64. The van der Waals surface area contributed by atoms with E-state index in [-0.39, 0.29) is 0 Å². The number of benzene rings is 2. The molecule has 0 bridgehead atoms. The summed E-state index contributed by atoms with van der Waals surface area (Å²) in [5.41, 5.74) is 4.73. The van der Waals surface area contributed by atoms with Gasteiger partial charge in [-0.15, -0.1) is 6.58 Å². The zero-order valence-corrected chi connectivity index (χ0v) is 16.1. The molecule has 3 aromatic rings. The van der Waals surface area contributed by atoms with Gasteiger partial charge in [-0.2, -0.15) is 0 Å². The number of hydrogen-bond acceptors (Lipinski definition) is 1. The van der Waals surface area contributed by atoms with Crippen LogP contribution in [-0.4, -0.2) is 11.2 Å². The molecule has 1 nitrogen and oxygen atoms in total. The van der Waals surface area contributed by atoms with Crippen LogP contribution in [0.25, 0.3) is 21.9 Å². The molecule has 0 amide bonds. The highest BCUT2D eigenvalue weighted by molar-refractivity contribution is 5.87. The molecular formula is C25H28FN. The van der Waals surface area contributed by atoms with Crippen LogP contribution >= 0.6 is 0 Å². The van der Waals surface area contributed by atoms with Gasteiger partial charge in [0.1, 0.15) is 0 Å². The molecule has 0 saturated heterocycles. The van der Waals surface area contributed by atoms with Crippen molar-refractivity contribution in [3.05, 3.63) is 78.6 Å². The molecular weight excluding hydrogens is 333 g/mol. The topological polar surface area (TPSA) is 12.9 Å². The number of aryl methyl sites for hydroxylation is 1. The van der Waals surface area contributed by atoms with Crippen LogP contribution in [0.4, 0.5) is 4.39 Å². The summed E-state index contributed by atoms with van der Waals surface area (Å²) in [6, 6.07) is 17.4. The van der Waals surface area contributed by atoms with E-state index in [0.717, 1.165) is 43.4 Å². The number of fused-ring (bicyclic) bond motifs is 1. The van der Waals surface area contributed by atoms with Crippen molar-refractivity contribution in [3.8, 4) is 11.1 Å². The summed E-state index contributed by atoms with van der Waals surface area (Å²) in [6.07, 6.45) is 8.85. The average Bonchev–Trinajstić information content (AvgIpc) is 2.68. The molecule has 3 rings (SSSR count). The number of halogens is 1. The van der Waals surface area contributed by atoms with E-state index in [4.69, 9.17) is 0 Å². The smallest absolute Gasteiger partial charge is 0.0973 e. The van der Waals surface area contributed by atoms with Crippen LogP contribution in [-0.2, 0) is 12.8 Å². The lowest BCUT2D eigenvalue weighted by Gasteiger charge is -2.07. The molecule has 27 heavy (non-hydrogen) atoms. The van der Waals surface area contributed by atoms with Gasteiger partial charge >= 0.3 is 0 Å². The third-order valence-electron chi connectivity index (χ3n) is 4.98. The quantitative estimate of drug-likeness (QED) is 0.293. The Morgan fingerprint density at radius 1 is 0.963 bits per heavy atom. The molecule has 1 heterocycles. The third-order valence-corrected chi connectivity index (χ3v) is 4.98. The minimum Gasteiger partial charge on any atom is -0.261 e. The monoisotopic (exact) mass is 361 g/mol. The first-order valence-corrected chi connectivity index (χ1v) is 9.88. The van der Waals surface area contributed by atoms with Crippen molar-refractivity contribution in [3.63, 3.8) is 0 Å². The van der Waals surface area contributed by atoms with Gasteiger partial charge in [0.15, 0.2) is 0 Å². The van der Waals surface area contributed by atoms with Gasteiger partial charge in [-0.3, -0.25) is 4.98 Å². The van der Waals surface area contributed by atoms with Crippen LogP contribution < -0.4 is 0 Å². The SMILES string of the molecule is C=CCc1ccc2cc(-c3ccc(CCCCCC(C)F)nc3)ccc2c1. The molecule has 0 aliphatic heterocycles. The van der Waals surface area contributed by atoms with Crippen molar-refractivity contribution in [1.29, 1.82) is 0 Å². The lowest BCUT2D eigenvalue weighted by atomic mass is 10.00. The average molecular weight is 362 g/mol. The minimum atomic E-state index is -0.682. The number of nitrogens with zero attached hydrogens (tertiary/aromatic N) is 1. The zero-order chi connectivity index (χ0) is 19.1. The van der Waals surface area contributed by atoms with Gasteiger partial charge in [-0.05, 0) is 66.6 Å². The maximum atomic E-state index is 12.8. The largest absolute Gasteiger partial charge is 0.261 e. The molecule has 1 aromatic heterocycles. The van der Waals surface area contributed by atoms with E-state index in [1.54, 1.807) is 6.92 Å². The van der Waals surface area contributed by atoms with Crippen LogP contribution in [0.15, 0.2) is 67.4 Å². The Labute approximate surface area is 162 Å². The van der Waals surface area contributed by atoms with E-state index in [1.165, 1.54) is 21.9 Å². The Kier molecular flexibility index (Phi) is 6.75. The van der Waals surface area contributed by atoms with E-state index in [2.05, 4.69) is 60.1 Å². The highest BCUT2D eigenvalue weighted by Crippen LogP contribution is 2.25. The van der Waals surface area contributed by atoms with Crippen molar-refractivity contribution < 1.29 is 4.39 Å². The molecule has 140 valence electrons. The van der Waals surface area contributed by atoms with E-state index >= 15 is 0 Å². The number of allylic oxidation sites excluding steroid dienone is 1. The van der Waals surface area contributed by atoms with Gasteiger partial charge in [-0.25, -0.2) is 4.39 Å². The number of pyridine rings is 1. The molecule has 1 atom stereocenters. The predicted molar refractivity (Wildman–Crippen MR) is 114 cm³/mol. The van der Waals surface area contributed by atoms with Crippen molar-refractivity contribution in [2.75, 3.05) is 0 Å². The minimum absolute atomic E-state index is 0.670. The van der Waals surface area contributed by atoms with Gasteiger partial charge in [0.05, 0.1) is 6.17 Å². The van der Waals surface area contributed by atoms with Crippen LogP contribution in [0.2, 0.25) is 0 Å². The van der Waals surface area contributed by atoms with Gasteiger partial charge in [0.2, 0.25) is 0 Å². The molecule has 2 aromatic carbocycles. The van der Waals surface area contributed by atoms with E-state index in [9.17, 15) is 4.39 Å². The van der Waals surface area contributed by atoms with Crippen molar-refractivity contribution in [2.24, 2.45) is 0 Å². The molecule has 0 fully saturated rings. The highest BCUT2D eigenvalue weighted by Gasteiger charge is 2.03. The zero-order valence-electron chi connectivity index (χ0n) is 16.1. The Morgan fingerprint density at radius 3 is 2.48 bits per heavy atom. The van der Waals surface area contributed by atoms with E-state index in [0.29, 0.717) is 6.42 Å². The second-order valence-electron chi connectivity index (χ2n) is 7.31. The van der Waals surface area contributed by atoms with Crippen LogP contribution in [0.5, 0.6) is 0 Å². The molecule has 0 aliphatic rings. The fraction of sp³-hybridized carbons (Fsp3) is 0.320. The Morgan fingerprint density at radius 2 is 1.74 bits per heavy atom. The molecule has 2 heteroatoms. The fourth-order valence-corrected chi connectivity index (χ4v) is 3.42. The maximum Gasteiger partial charge on any atom is 0.0973 e. The number of rotatable bonds is 9. The number of alkyl halides is 1. The second-order valence-corrected chi connectivity index (χ2v) is 7.31. The van der Waals surface area contributed by atoms with Gasteiger partial charge in [0, 0.05) is 17.5 Å². The first kappa shape index (κ1) is 19.3. The van der Waals surface area contributed by atoms with Gasteiger partial charge in [-0.1, -0.05) is 55.3 Å². The standard InChI is InChI=1S/C25H28FN/c1-3-7-20-10-11-22-17-23(13-12-21(22)16-20)24-14-15-25(27-18-24)9-6-4-5-8-19(2)26/h3,10-19H,1,4-9H2,2H3. The second kappa shape index (κ2) is 9.45. The maximum absolute atomic E-state index is 12.8. The number of hydrogen-bond donors (Lipinski definition) is 0. The molecule has 0 aliphatic carbocycles. The van der Waals surface area contributed by atoms with Crippen molar-refractivity contribution in [1.82, 2.24) is 4.98 Å². The summed E-state index contributed by atoms with van der Waals surface area (Å²) in [5.74, 6) is 0. The third kappa shape index (κ3) is 5.50. The molecule has 0 N–H and O–H groups in total. The van der Waals surface area contributed by atoms with Gasteiger partial charge in [0.25, 0.3) is 0 Å². The number of unbranched alkanes of at least 4 members (excludes halogenated alkanes) is 2. The lowest BCUT2D eigenvalue weighted by Crippen LogP contribution is -1.94. The summed E-state index contributed by atoms with van der Waals surface area (Å²) in [5, 5.41) is 2.50. The van der Waals surface area contributed by atoms with Crippen molar-refractivity contribution >= 4 is 10.8 Å². The molecule has 0 spiro atoms. The summed E-state index contributed by atoms with van der Waals surface area (Å²) in [4.78, 5) is 4.62. The molecule has 0 radical (unpaired) electrons. The van der Waals surface area contributed by atoms with E-state index in [1.807, 2.05) is 12.3 Å². The molecule has 0 saturated carbocycles. The normalized spacial score (nSPS) is 12.2. The molecule has 1 unspecified atom stereocenters. The fourth-order valence-electron chi connectivity index (χ4n) is 3.42. The Bertz CT molecular complexity index is 880. The van der Waals surface area contributed by atoms with Crippen molar-refractivity contribution in [2.45, 2.75) is 51.6 Å². The predicted octanol–water partition coefficient (Wildman–Crippen LogP) is 7.09. The lowest BCUT2D eigenvalue weighted by molar-refractivity contribution is 0.330. The summed E-state index contributed by atoms with van der Waals surface area (Å²) in [6.45, 7) is 5.44. The number of aromatic nitrogens is 1. The van der Waals surface area contributed by atoms with Crippen LogP contribution in [0, 0.1) is 0 Å². The van der Waals surface area contributed by atoms with Crippen LogP contribution in [0.1, 0.15) is 43.9 Å². The first-order valence-electron chi connectivity index (χ1n) is 9.88. The first-order chi connectivity index (χ1) is 13.2. The summed E-state index contributed by atoms with van der Waals surface area (Å²) < 4.78 is 12.8. The summed E-state index contributed by atoms with van der Waals surface area (Å²) in [7, 11) is 0.